The van der Waals surface area contributed by atoms with E-state index in [1.807, 2.05) is 18.2 Å². The van der Waals surface area contributed by atoms with Crippen molar-refractivity contribution in [2.75, 3.05) is 13.1 Å². The van der Waals surface area contributed by atoms with Gasteiger partial charge in [0, 0.05) is 6.54 Å². The predicted molar refractivity (Wildman–Crippen MR) is 61.8 cm³/mol. The minimum absolute atomic E-state index is 0.251. The highest BCUT2D eigenvalue weighted by Crippen LogP contribution is 2.34. The van der Waals surface area contributed by atoms with Crippen LogP contribution < -0.4 is 0 Å². The van der Waals surface area contributed by atoms with Crippen LogP contribution in [0.3, 0.4) is 0 Å². The maximum absolute atomic E-state index is 9.43. The molecule has 3 nitrogen and oxygen atoms in total. The van der Waals surface area contributed by atoms with E-state index >= 15 is 0 Å². The number of rotatable bonds is 1. The van der Waals surface area contributed by atoms with E-state index in [4.69, 9.17) is 0 Å². The minimum Gasteiger partial charge on any atom is -0.380 e. The Labute approximate surface area is 92.8 Å². The maximum Gasteiger partial charge on any atom is 0.162 e. The summed E-state index contributed by atoms with van der Waals surface area (Å²) in [6.45, 7) is 1.62. The molecule has 0 saturated carbocycles. The first-order chi connectivity index (χ1) is 7.33. The second-order valence-corrected chi connectivity index (χ2v) is 4.96. The molecule has 1 fully saturated rings. The quantitative estimate of drug-likeness (QED) is 0.778. The smallest absolute Gasteiger partial charge is 0.162 e. The molecular weight excluding hydrogens is 208 g/mol. The summed E-state index contributed by atoms with van der Waals surface area (Å²) in [7, 11) is 0. The molecule has 2 heterocycles. The third-order valence-electron chi connectivity index (χ3n) is 2.73. The summed E-state index contributed by atoms with van der Waals surface area (Å²) in [5, 5.41) is 10.4. The van der Waals surface area contributed by atoms with E-state index < -0.39 is 0 Å². The zero-order valence-corrected chi connectivity index (χ0v) is 9.02. The fourth-order valence-corrected chi connectivity index (χ4v) is 2.99. The van der Waals surface area contributed by atoms with Crippen molar-refractivity contribution in [2.45, 2.75) is 11.5 Å². The monoisotopic (exact) mass is 220 g/mol. The number of hydrogen-bond donors (Lipinski definition) is 1. The third-order valence-corrected chi connectivity index (χ3v) is 3.73. The van der Waals surface area contributed by atoms with Gasteiger partial charge in [-0.25, -0.2) is 0 Å². The van der Waals surface area contributed by atoms with Crippen LogP contribution in [0.1, 0.15) is 11.6 Å². The highest BCUT2D eigenvalue weighted by atomic mass is 32.2. The van der Waals surface area contributed by atoms with Crippen molar-refractivity contribution in [1.29, 1.82) is 0 Å². The van der Waals surface area contributed by atoms with Gasteiger partial charge in [-0.05, 0) is 5.56 Å². The topological polar surface area (TPSA) is 35.8 Å². The van der Waals surface area contributed by atoms with Gasteiger partial charge in [0.15, 0.2) is 5.17 Å². The van der Waals surface area contributed by atoms with Gasteiger partial charge < -0.3 is 10.0 Å². The van der Waals surface area contributed by atoms with Gasteiger partial charge in [-0.3, -0.25) is 4.99 Å². The average molecular weight is 220 g/mol. The molecule has 0 aromatic heterocycles. The molecule has 2 aliphatic rings. The summed E-state index contributed by atoms with van der Waals surface area (Å²) < 4.78 is 0. The van der Waals surface area contributed by atoms with E-state index in [0.29, 0.717) is 6.54 Å². The molecule has 1 N–H and O–H groups in total. The first-order valence-electron chi connectivity index (χ1n) is 5.05. The summed E-state index contributed by atoms with van der Waals surface area (Å²) in [5.74, 6) is 0. The van der Waals surface area contributed by atoms with E-state index in [2.05, 4.69) is 22.0 Å². The van der Waals surface area contributed by atoms with E-state index in [-0.39, 0.29) is 11.5 Å². The molecule has 2 aliphatic heterocycles. The Morgan fingerprint density at radius 1 is 1.27 bits per heavy atom. The lowest BCUT2D eigenvalue weighted by atomic mass is 10.1. The van der Waals surface area contributed by atoms with Crippen molar-refractivity contribution in [3.05, 3.63) is 35.9 Å². The minimum atomic E-state index is -0.291. The summed E-state index contributed by atoms with van der Waals surface area (Å²) >= 11 is 1.47. The number of aliphatic imine (C=N–C) groups is 1. The summed E-state index contributed by atoms with van der Waals surface area (Å²) in [6.07, 6.45) is 0. The lowest BCUT2D eigenvalue weighted by Crippen LogP contribution is -2.24. The molecule has 1 unspecified atom stereocenters. The fraction of sp³-hybridized carbons (Fsp3) is 0.364. The Bertz CT molecular complexity index is 393. The van der Waals surface area contributed by atoms with E-state index in [9.17, 15) is 5.11 Å². The van der Waals surface area contributed by atoms with E-state index in [1.165, 1.54) is 17.3 Å². The van der Waals surface area contributed by atoms with Crippen LogP contribution >= 0.6 is 11.8 Å². The highest BCUT2D eigenvalue weighted by Gasteiger charge is 2.34. The summed E-state index contributed by atoms with van der Waals surface area (Å²) in [5.41, 5.74) is 0.968. The Morgan fingerprint density at radius 3 is 2.80 bits per heavy atom. The van der Waals surface area contributed by atoms with Crippen LogP contribution in [0.2, 0.25) is 0 Å². The molecule has 78 valence electrons. The number of nitrogens with zero attached hydrogens (tertiary/aromatic N) is 2. The second-order valence-electron chi connectivity index (χ2n) is 3.82. The molecule has 15 heavy (non-hydrogen) atoms. The van der Waals surface area contributed by atoms with Gasteiger partial charge in [-0.15, -0.1) is 0 Å². The standard InChI is InChI=1S/C11H12N2OS/c14-10-7-13-6-9(12-11(13)15-10)8-4-2-1-3-5-8/h1-5,9-10,14H,6-7H2/t9-,10?/m1/s1. The van der Waals surface area contributed by atoms with Gasteiger partial charge in [0.25, 0.3) is 0 Å². The Kier molecular flexibility index (Phi) is 2.18. The van der Waals surface area contributed by atoms with Crippen LogP contribution in [0.5, 0.6) is 0 Å². The molecule has 1 aromatic carbocycles. The van der Waals surface area contributed by atoms with Gasteiger partial charge in [0.1, 0.15) is 5.44 Å². The zero-order chi connectivity index (χ0) is 10.3. The molecule has 0 amide bonds. The number of aliphatic hydroxyl groups excluding tert-OH is 1. The number of benzene rings is 1. The number of fused-ring (bicyclic) bond motifs is 1. The van der Waals surface area contributed by atoms with Gasteiger partial charge in [0.05, 0.1) is 12.6 Å². The largest absolute Gasteiger partial charge is 0.380 e. The van der Waals surface area contributed by atoms with Crippen molar-refractivity contribution in [3.63, 3.8) is 0 Å². The second kappa shape index (κ2) is 3.54. The van der Waals surface area contributed by atoms with Gasteiger partial charge in [-0.1, -0.05) is 42.1 Å². The van der Waals surface area contributed by atoms with Crippen LogP contribution in [0.4, 0.5) is 0 Å². The van der Waals surface area contributed by atoms with Crippen molar-refractivity contribution in [2.24, 2.45) is 4.99 Å². The molecule has 3 rings (SSSR count). The summed E-state index contributed by atoms with van der Waals surface area (Å²) in [6, 6.07) is 10.6. The molecular formula is C11H12N2OS. The molecule has 0 spiro atoms. The first kappa shape index (κ1) is 9.24. The molecule has 0 radical (unpaired) electrons. The van der Waals surface area contributed by atoms with Gasteiger partial charge in [-0.2, -0.15) is 0 Å². The number of amidine groups is 1. The van der Waals surface area contributed by atoms with Crippen LogP contribution in [-0.4, -0.2) is 33.7 Å². The fourth-order valence-electron chi connectivity index (χ4n) is 2.00. The van der Waals surface area contributed by atoms with Crippen molar-refractivity contribution in [3.8, 4) is 0 Å². The van der Waals surface area contributed by atoms with Crippen molar-refractivity contribution in [1.82, 2.24) is 4.90 Å². The summed E-state index contributed by atoms with van der Waals surface area (Å²) in [4.78, 5) is 6.78. The third kappa shape index (κ3) is 1.64. The van der Waals surface area contributed by atoms with Crippen molar-refractivity contribution >= 4 is 16.9 Å². The molecule has 1 aromatic rings. The van der Waals surface area contributed by atoms with Crippen molar-refractivity contribution < 1.29 is 5.11 Å². The lowest BCUT2D eigenvalue weighted by Gasteiger charge is -2.13. The van der Waals surface area contributed by atoms with Gasteiger partial charge >= 0.3 is 0 Å². The predicted octanol–water partition coefficient (Wildman–Crippen LogP) is 1.46. The number of thioether (sulfide) groups is 1. The average Bonchev–Trinajstić information content (AvgIpc) is 2.76. The van der Waals surface area contributed by atoms with Crippen LogP contribution in [-0.2, 0) is 0 Å². The number of aliphatic hydroxyl groups is 1. The lowest BCUT2D eigenvalue weighted by molar-refractivity contribution is 0.232. The highest BCUT2D eigenvalue weighted by molar-refractivity contribution is 8.14. The Hall–Kier alpha value is -1.00. The molecule has 1 saturated heterocycles. The van der Waals surface area contributed by atoms with Crippen LogP contribution in [0, 0.1) is 0 Å². The van der Waals surface area contributed by atoms with E-state index in [1.54, 1.807) is 0 Å². The SMILES string of the molecule is OC1CN2C[C@H](c3ccccc3)N=C2S1. The van der Waals surface area contributed by atoms with E-state index in [0.717, 1.165) is 11.7 Å². The molecule has 0 bridgehead atoms. The zero-order valence-electron chi connectivity index (χ0n) is 8.21. The first-order valence-corrected chi connectivity index (χ1v) is 5.93. The Balaban J connectivity index is 1.83. The Morgan fingerprint density at radius 2 is 2.07 bits per heavy atom. The van der Waals surface area contributed by atoms with Crippen LogP contribution in [0.15, 0.2) is 35.3 Å². The van der Waals surface area contributed by atoms with Crippen LogP contribution in [0.25, 0.3) is 0 Å². The molecule has 2 atom stereocenters. The maximum atomic E-state index is 9.43. The number of hydrogen-bond acceptors (Lipinski definition) is 4. The normalized spacial score (nSPS) is 29.1. The molecule has 4 heteroatoms. The van der Waals surface area contributed by atoms with Gasteiger partial charge in [0.2, 0.25) is 0 Å². The molecule has 0 aliphatic carbocycles.